The van der Waals surface area contributed by atoms with Crippen LogP contribution in [0.25, 0.3) is 22.2 Å². The molecule has 0 spiro atoms. The molecule has 236 valence electrons. The van der Waals surface area contributed by atoms with Crippen LogP contribution in [-0.2, 0) is 39.4 Å². The first-order chi connectivity index (χ1) is 21.0. The van der Waals surface area contributed by atoms with Gasteiger partial charge in [-0.3, -0.25) is 9.78 Å². The zero-order valence-electron chi connectivity index (χ0n) is 22.1. The number of rotatable bonds is 10. The number of nitrogens with one attached hydrogen (secondary N) is 1. The van der Waals surface area contributed by atoms with Gasteiger partial charge in [-0.05, 0) is 22.4 Å². The van der Waals surface area contributed by atoms with E-state index in [1.165, 1.54) is 17.1 Å². The van der Waals surface area contributed by atoms with Gasteiger partial charge in [0.05, 0.1) is 24.7 Å². The molecule has 2 saturated heterocycles. The molecule has 7 N–H and O–H groups in total. The van der Waals surface area contributed by atoms with Gasteiger partial charge in [0.1, 0.15) is 42.2 Å². The molecular formula is C20H24FN10O9P2S2+. The maximum atomic E-state index is 15.7. The van der Waals surface area contributed by atoms with Crippen LogP contribution in [0.5, 0.6) is 0 Å². The lowest BCUT2D eigenvalue weighted by molar-refractivity contribution is -0.0585. The second-order valence-corrected chi connectivity index (χ2v) is 14.1. The Hall–Kier alpha value is -2.75. The van der Waals surface area contributed by atoms with E-state index in [0.717, 1.165) is 4.68 Å². The maximum absolute atomic E-state index is 15.7. The van der Waals surface area contributed by atoms with E-state index in [9.17, 15) is 19.4 Å². The van der Waals surface area contributed by atoms with Gasteiger partial charge in [-0.2, -0.15) is 9.67 Å². The van der Waals surface area contributed by atoms with Crippen LogP contribution in [0.4, 0.5) is 16.2 Å². The summed E-state index contributed by atoms with van der Waals surface area (Å²) >= 11 is 8.96. The predicted molar refractivity (Wildman–Crippen MR) is 156 cm³/mol. The number of halogens is 1. The molecule has 0 radical (unpaired) electrons. The average molecular weight is 694 g/mol. The summed E-state index contributed by atoms with van der Waals surface area (Å²) in [6, 6.07) is 1.58. The molecular weight excluding hydrogens is 669 g/mol. The van der Waals surface area contributed by atoms with Crippen molar-refractivity contribution >= 4 is 72.0 Å². The maximum Gasteiger partial charge on any atom is 0.582 e. The normalized spacial score (nSPS) is 29.0. The smallest absolute Gasteiger partial charge is 0.394 e. The van der Waals surface area contributed by atoms with Gasteiger partial charge in [0.25, 0.3) is 5.56 Å². The van der Waals surface area contributed by atoms with Crippen molar-refractivity contribution < 1.29 is 42.0 Å². The van der Waals surface area contributed by atoms with Gasteiger partial charge in [0.2, 0.25) is 5.95 Å². The summed E-state index contributed by atoms with van der Waals surface area (Å²) in [7, 11) is -2.58. The Kier molecular flexibility index (Phi) is 8.67. The summed E-state index contributed by atoms with van der Waals surface area (Å²) < 4.78 is 58.2. The summed E-state index contributed by atoms with van der Waals surface area (Å²) in [5, 5.41) is 17.9. The van der Waals surface area contributed by atoms with Crippen LogP contribution in [0, 0.1) is 0 Å². The number of ether oxygens (including phenoxy) is 2. The number of nitrogen functional groups attached to an aromatic ring is 2. The minimum Gasteiger partial charge on any atom is -0.394 e. The van der Waals surface area contributed by atoms with Crippen molar-refractivity contribution in [1.29, 1.82) is 0 Å². The first-order valence-corrected chi connectivity index (χ1v) is 17.6. The standard InChI is InChI=1S/C20H23FN10O9P2S2/c21-11-13(39-41(34)43)10(38-19(11)30-2-1-8-14(22)24-6-25-15(8)30)5-36-42(35,44)40-9-3-7(4-32)37-18(9)31-16-12(28-29-31)17(33)27-20(23)26-16/h1-2,6-7,9-11,13,18-19,32H,3-5H2,(H6-,22,23,24,25,26,27,29,33,34,35,43,44)/p+1/t7-,9?,10+,11-,13?,18+,19+,42?/m0/s1. The number of nitrogens with zero attached hydrogens (tertiary/aromatic N) is 7. The third-order valence-corrected chi connectivity index (χ3v) is 9.20. The Morgan fingerprint density at radius 1 is 1.30 bits per heavy atom. The first kappa shape index (κ1) is 31.2. The molecule has 0 bridgehead atoms. The molecule has 0 aliphatic carbocycles. The second kappa shape index (κ2) is 12.2. The van der Waals surface area contributed by atoms with Crippen molar-refractivity contribution in [3.63, 3.8) is 0 Å². The van der Waals surface area contributed by atoms with Crippen LogP contribution in [-0.4, -0.2) is 93.3 Å². The van der Waals surface area contributed by atoms with Gasteiger partial charge in [-0.25, -0.2) is 14.4 Å². The molecule has 0 saturated carbocycles. The minimum absolute atomic E-state index is 0.0234. The van der Waals surface area contributed by atoms with Crippen molar-refractivity contribution in [2.24, 2.45) is 0 Å². The van der Waals surface area contributed by atoms with Crippen LogP contribution in [0.3, 0.4) is 0 Å². The van der Waals surface area contributed by atoms with Gasteiger partial charge in [0, 0.05) is 12.6 Å². The third kappa shape index (κ3) is 5.95. The molecule has 2 aliphatic heterocycles. The van der Waals surface area contributed by atoms with Crippen molar-refractivity contribution in [1.82, 2.24) is 39.5 Å². The molecule has 0 aromatic carbocycles. The zero-order chi connectivity index (χ0) is 31.3. The van der Waals surface area contributed by atoms with Gasteiger partial charge < -0.3 is 44.6 Å². The molecule has 4 aromatic rings. The molecule has 44 heavy (non-hydrogen) atoms. The molecule has 6 heterocycles. The van der Waals surface area contributed by atoms with Crippen molar-refractivity contribution in [2.75, 3.05) is 24.7 Å². The molecule has 19 nitrogen and oxygen atoms in total. The van der Waals surface area contributed by atoms with E-state index in [-0.39, 0.29) is 35.0 Å². The number of thiol groups is 1. The number of aliphatic hydroxyl groups excluding tert-OH is 1. The van der Waals surface area contributed by atoms with E-state index >= 15 is 4.39 Å². The lowest BCUT2D eigenvalue weighted by atomic mass is 10.1. The highest BCUT2D eigenvalue weighted by molar-refractivity contribution is 8.39. The molecule has 6 rings (SSSR count). The number of fused-ring (bicyclic) bond motifs is 2. The van der Waals surface area contributed by atoms with E-state index < -0.39 is 75.8 Å². The number of anilines is 2. The van der Waals surface area contributed by atoms with Gasteiger partial charge in [-0.1, -0.05) is 5.21 Å². The molecule has 24 heteroatoms. The van der Waals surface area contributed by atoms with Crippen molar-refractivity contribution in [3.8, 4) is 0 Å². The number of hydrogen-bond acceptors (Lipinski definition) is 16. The largest absolute Gasteiger partial charge is 0.582 e. The topological polar surface area (TPSA) is 263 Å². The second-order valence-electron chi connectivity index (χ2n) is 9.67. The Bertz CT molecular complexity index is 1830. The van der Waals surface area contributed by atoms with Crippen LogP contribution in [0.1, 0.15) is 18.9 Å². The Morgan fingerprint density at radius 3 is 2.84 bits per heavy atom. The van der Waals surface area contributed by atoms with Gasteiger partial charge in [-0.15, -0.1) is 9.62 Å². The van der Waals surface area contributed by atoms with E-state index in [4.69, 9.17) is 46.3 Å². The van der Waals surface area contributed by atoms with E-state index in [1.807, 2.05) is 0 Å². The van der Waals surface area contributed by atoms with Crippen molar-refractivity contribution in [2.45, 2.75) is 49.5 Å². The molecule has 2 fully saturated rings. The fourth-order valence-corrected chi connectivity index (χ4v) is 7.25. The number of aliphatic hydroxyl groups is 1. The van der Waals surface area contributed by atoms with Crippen LogP contribution < -0.4 is 17.0 Å². The SMILES string of the molecule is Nc1nc2c(nnn2[C@@H]2O[C@H](CO)CC2OP(O)(=S)OC[C@H]2O[C@@H](n3ccc4c(N)ncnc43)[C@@H](F)C2O[P+](=O)S)c(=O)[nH]1. The minimum atomic E-state index is -4.15. The average Bonchev–Trinajstić information content (AvgIpc) is 3.73. The molecule has 4 unspecified atom stereocenters. The Morgan fingerprint density at radius 2 is 2.09 bits per heavy atom. The van der Waals surface area contributed by atoms with Gasteiger partial charge in [0.15, 0.2) is 35.9 Å². The predicted octanol–water partition coefficient (Wildman–Crippen LogP) is 0.230. The highest BCUT2D eigenvalue weighted by Crippen LogP contribution is 2.51. The summed E-state index contributed by atoms with van der Waals surface area (Å²) in [6.45, 7) is -5.13. The van der Waals surface area contributed by atoms with E-state index in [2.05, 4.69) is 42.5 Å². The number of aromatic nitrogens is 8. The highest BCUT2D eigenvalue weighted by Gasteiger charge is 2.52. The number of H-pyrrole nitrogens is 1. The summed E-state index contributed by atoms with van der Waals surface area (Å²) in [4.78, 5) is 37.6. The number of aromatic amines is 1. The van der Waals surface area contributed by atoms with Crippen LogP contribution in [0.2, 0.25) is 0 Å². The summed E-state index contributed by atoms with van der Waals surface area (Å²) in [5.74, 6) is -0.0330. The highest BCUT2D eigenvalue weighted by atomic mass is 32.7. The summed E-state index contributed by atoms with van der Waals surface area (Å²) in [5.41, 5.74) is 11.0. The molecule has 2 aliphatic rings. The van der Waals surface area contributed by atoms with Crippen molar-refractivity contribution in [3.05, 3.63) is 28.9 Å². The quantitative estimate of drug-likeness (QED) is 0.0959. The molecule has 4 aromatic heterocycles. The Labute approximate surface area is 256 Å². The van der Waals surface area contributed by atoms with E-state index in [1.54, 1.807) is 6.07 Å². The third-order valence-electron chi connectivity index (χ3n) is 6.91. The van der Waals surface area contributed by atoms with E-state index in [0.29, 0.717) is 5.39 Å². The monoisotopic (exact) mass is 693 g/mol. The van der Waals surface area contributed by atoms with Gasteiger partial charge >= 0.3 is 13.9 Å². The summed E-state index contributed by atoms with van der Waals surface area (Å²) in [6.07, 6.45) is -6.18. The molecule has 9 atom stereocenters. The number of hydrogen-bond donors (Lipinski definition) is 6. The van der Waals surface area contributed by atoms with Crippen LogP contribution in [0.15, 0.2) is 23.4 Å². The first-order valence-electron chi connectivity index (χ1n) is 12.7. The zero-order valence-corrected chi connectivity index (χ0v) is 25.6. The fraction of sp³-hybridized carbons (Fsp3) is 0.500. The lowest BCUT2D eigenvalue weighted by Gasteiger charge is -2.25. The fourth-order valence-electron chi connectivity index (χ4n) is 5.02. The molecule has 0 amide bonds. The number of alkyl halides is 1. The number of nitrogens with two attached hydrogens (primary N) is 2. The van der Waals surface area contributed by atoms with Crippen LogP contribution >= 0.6 is 26.2 Å². The lowest BCUT2D eigenvalue weighted by Crippen LogP contribution is -2.32. The Balaban J connectivity index is 1.20.